The van der Waals surface area contributed by atoms with Crippen LogP contribution >= 0.6 is 24.0 Å². The number of aliphatic imine (C=N–C) groups is 1. The molecule has 2 aromatic rings. The largest absolute Gasteiger partial charge is 0.359 e. The zero-order valence-corrected chi connectivity index (χ0v) is 16.5. The maximum Gasteiger partial charge on any atom is 0.191 e. The van der Waals surface area contributed by atoms with Gasteiger partial charge in [-0.1, -0.05) is 19.0 Å². The van der Waals surface area contributed by atoms with Gasteiger partial charge in [0.1, 0.15) is 0 Å². The first-order valence-electron chi connectivity index (χ1n) is 7.67. The topological polar surface area (TPSA) is 67.4 Å². The predicted octanol–water partition coefficient (Wildman–Crippen LogP) is 3.01. The van der Waals surface area contributed by atoms with E-state index < -0.39 is 0 Å². The fourth-order valence-electron chi connectivity index (χ4n) is 2.02. The van der Waals surface area contributed by atoms with Crippen LogP contribution in [0, 0.1) is 0 Å². The van der Waals surface area contributed by atoms with Gasteiger partial charge in [0, 0.05) is 32.1 Å². The molecule has 0 aromatic carbocycles. The fraction of sp³-hybridized carbons (Fsp3) is 0.500. The van der Waals surface area contributed by atoms with Crippen LogP contribution < -0.4 is 10.6 Å². The van der Waals surface area contributed by atoms with E-state index in [4.69, 9.17) is 4.52 Å². The summed E-state index contributed by atoms with van der Waals surface area (Å²) in [5, 5.41) is 10.6. The summed E-state index contributed by atoms with van der Waals surface area (Å²) in [5.41, 5.74) is 2.16. The lowest BCUT2D eigenvalue weighted by atomic mass is 10.1. The number of rotatable bonds is 6. The molecule has 0 spiro atoms. The Morgan fingerprint density at radius 2 is 2.17 bits per heavy atom. The molecule has 0 amide bonds. The van der Waals surface area contributed by atoms with Gasteiger partial charge in [-0.3, -0.25) is 0 Å². The highest BCUT2D eigenvalue weighted by Crippen LogP contribution is 2.13. The Morgan fingerprint density at radius 3 is 2.74 bits per heavy atom. The van der Waals surface area contributed by atoms with Crippen molar-refractivity contribution in [2.45, 2.75) is 39.8 Å². The molecular formula is C16H26IN5O. The molecule has 0 bridgehead atoms. The van der Waals surface area contributed by atoms with Gasteiger partial charge >= 0.3 is 0 Å². The lowest BCUT2D eigenvalue weighted by Gasteiger charge is -2.09. The molecule has 2 rings (SSSR count). The molecule has 23 heavy (non-hydrogen) atoms. The van der Waals surface area contributed by atoms with Crippen LogP contribution in [0.3, 0.4) is 0 Å². The second-order valence-corrected chi connectivity index (χ2v) is 5.61. The number of nitrogens with one attached hydrogen (secondary N) is 2. The van der Waals surface area contributed by atoms with Crippen LogP contribution in [-0.2, 0) is 20.1 Å². The maximum absolute atomic E-state index is 5.32. The van der Waals surface area contributed by atoms with E-state index in [-0.39, 0.29) is 24.0 Å². The Bertz CT molecular complexity index is 618. The van der Waals surface area contributed by atoms with E-state index in [1.54, 1.807) is 0 Å². The van der Waals surface area contributed by atoms with Crippen LogP contribution in [0.2, 0.25) is 0 Å². The summed E-state index contributed by atoms with van der Waals surface area (Å²) in [6.45, 7) is 8.27. The zero-order chi connectivity index (χ0) is 15.9. The van der Waals surface area contributed by atoms with Gasteiger partial charge in [0.15, 0.2) is 11.7 Å². The average molecular weight is 431 g/mol. The highest BCUT2D eigenvalue weighted by atomic mass is 127. The van der Waals surface area contributed by atoms with E-state index in [1.807, 2.05) is 30.8 Å². The minimum absolute atomic E-state index is 0. The van der Waals surface area contributed by atoms with Crippen molar-refractivity contribution in [3.05, 3.63) is 41.5 Å². The van der Waals surface area contributed by atoms with E-state index in [0.717, 1.165) is 24.0 Å². The SMILES string of the molecule is CCNC(=NCc1ccn(C)c1)NCc1cc(C(C)C)no1.I. The molecule has 2 heterocycles. The van der Waals surface area contributed by atoms with Crippen LogP contribution in [0.1, 0.15) is 43.7 Å². The standard InChI is InChI=1S/C16H25N5O.HI/c1-5-17-16(18-9-13-6-7-21(4)11-13)19-10-14-8-15(12(2)3)20-22-14;/h6-8,11-12H,5,9-10H2,1-4H3,(H2,17,18,19);1H. The van der Waals surface area contributed by atoms with Crippen molar-refractivity contribution in [3.8, 4) is 0 Å². The van der Waals surface area contributed by atoms with E-state index in [9.17, 15) is 0 Å². The Kier molecular flexibility index (Phi) is 8.15. The number of aryl methyl sites for hydroxylation is 1. The quantitative estimate of drug-likeness (QED) is 0.419. The Labute approximate surface area is 154 Å². The smallest absolute Gasteiger partial charge is 0.191 e. The van der Waals surface area contributed by atoms with Gasteiger partial charge in [0.2, 0.25) is 0 Å². The predicted molar refractivity (Wildman–Crippen MR) is 103 cm³/mol. The molecule has 0 atom stereocenters. The summed E-state index contributed by atoms with van der Waals surface area (Å²) in [6.07, 6.45) is 4.09. The number of aromatic nitrogens is 2. The van der Waals surface area contributed by atoms with Gasteiger partial charge in [0.05, 0.1) is 18.8 Å². The minimum Gasteiger partial charge on any atom is -0.359 e. The third-order valence-electron chi connectivity index (χ3n) is 3.26. The van der Waals surface area contributed by atoms with Gasteiger partial charge < -0.3 is 19.7 Å². The molecule has 0 aliphatic rings. The second kappa shape index (κ2) is 9.59. The van der Waals surface area contributed by atoms with Gasteiger partial charge in [-0.2, -0.15) is 0 Å². The van der Waals surface area contributed by atoms with Gasteiger partial charge in [0.25, 0.3) is 0 Å². The fourth-order valence-corrected chi connectivity index (χ4v) is 2.02. The van der Waals surface area contributed by atoms with Gasteiger partial charge in [-0.15, -0.1) is 24.0 Å². The molecule has 2 N–H and O–H groups in total. The molecule has 2 aromatic heterocycles. The Balaban J connectivity index is 0.00000264. The van der Waals surface area contributed by atoms with Crippen LogP contribution in [0.25, 0.3) is 0 Å². The van der Waals surface area contributed by atoms with Crippen molar-refractivity contribution >= 4 is 29.9 Å². The second-order valence-electron chi connectivity index (χ2n) is 5.61. The normalized spacial score (nSPS) is 11.4. The van der Waals surface area contributed by atoms with Crippen LogP contribution in [0.5, 0.6) is 0 Å². The molecule has 0 aliphatic carbocycles. The molecule has 0 unspecified atom stereocenters. The van der Waals surface area contributed by atoms with Crippen LogP contribution in [0.4, 0.5) is 0 Å². The first kappa shape index (κ1) is 19.5. The van der Waals surface area contributed by atoms with Crippen molar-refractivity contribution in [3.63, 3.8) is 0 Å². The highest BCUT2D eigenvalue weighted by Gasteiger charge is 2.08. The van der Waals surface area contributed by atoms with Crippen molar-refractivity contribution in [1.82, 2.24) is 20.4 Å². The first-order chi connectivity index (χ1) is 10.6. The minimum atomic E-state index is 0. The summed E-state index contributed by atoms with van der Waals surface area (Å²) >= 11 is 0. The number of guanidine groups is 1. The van der Waals surface area contributed by atoms with Gasteiger partial charge in [-0.05, 0) is 24.5 Å². The monoisotopic (exact) mass is 431 g/mol. The summed E-state index contributed by atoms with van der Waals surface area (Å²) in [6, 6.07) is 4.05. The Morgan fingerprint density at radius 1 is 1.39 bits per heavy atom. The zero-order valence-electron chi connectivity index (χ0n) is 14.2. The number of hydrogen-bond donors (Lipinski definition) is 2. The summed E-state index contributed by atoms with van der Waals surface area (Å²) in [4.78, 5) is 4.57. The van der Waals surface area contributed by atoms with E-state index in [1.165, 1.54) is 5.56 Å². The first-order valence-corrected chi connectivity index (χ1v) is 7.67. The molecule has 0 saturated carbocycles. The molecule has 0 aliphatic heterocycles. The van der Waals surface area contributed by atoms with Crippen molar-refractivity contribution in [2.24, 2.45) is 12.0 Å². The number of halogens is 1. The van der Waals surface area contributed by atoms with Crippen molar-refractivity contribution in [2.75, 3.05) is 6.54 Å². The van der Waals surface area contributed by atoms with E-state index in [2.05, 4.69) is 46.9 Å². The van der Waals surface area contributed by atoms with E-state index >= 15 is 0 Å². The van der Waals surface area contributed by atoms with Crippen molar-refractivity contribution in [1.29, 1.82) is 0 Å². The molecule has 0 saturated heterocycles. The van der Waals surface area contributed by atoms with Crippen LogP contribution in [0.15, 0.2) is 34.0 Å². The third-order valence-corrected chi connectivity index (χ3v) is 3.26. The molecule has 0 radical (unpaired) electrons. The molecular weight excluding hydrogens is 405 g/mol. The van der Waals surface area contributed by atoms with Crippen molar-refractivity contribution < 1.29 is 4.52 Å². The molecule has 0 fully saturated rings. The molecule has 6 nitrogen and oxygen atoms in total. The highest BCUT2D eigenvalue weighted by molar-refractivity contribution is 14.0. The third kappa shape index (κ3) is 6.25. The number of hydrogen-bond acceptors (Lipinski definition) is 3. The summed E-state index contributed by atoms with van der Waals surface area (Å²) < 4.78 is 7.34. The van der Waals surface area contributed by atoms with Gasteiger partial charge in [-0.25, -0.2) is 4.99 Å². The average Bonchev–Trinajstić information content (AvgIpc) is 3.11. The maximum atomic E-state index is 5.32. The number of nitrogens with zero attached hydrogens (tertiary/aromatic N) is 3. The lowest BCUT2D eigenvalue weighted by Crippen LogP contribution is -2.36. The summed E-state index contributed by atoms with van der Waals surface area (Å²) in [7, 11) is 2.01. The Hall–Kier alpha value is -1.51. The molecule has 7 heteroatoms. The lowest BCUT2D eigenvalue weighted by molar-refractivity contribution is 0.372. The summed E-state index contributed by atoms with van der Waals surface area (Å²) in [5.74, 6) is 1.96. The van der Waals surface area contributed by atoms with E-state index in [0.29, 0.717) is 19.0 Å². The van der Waals surface area contributed by atoms with Crippen LogP contribution in [-0.4, -0.2) is 22.2 Å². The molecule has 128 valence electrons.